The summed E-state index contributed by atoms with van der Waals surface area (Å²) in [7, 11) is 0. The van der Waals surface area contributed by atoms with Gasteiger partial charge in [0, 0.05) is 15.4 Å². The zero-order valence-corrected chi connectivity index (χ0v) is 17.3. The summed E-state index contributed by atoms with van der Waals surface area (Å²) in [4.78, 5) is 26.0. The summed E-state index contributed by atoms with van der Waals surface area (Å²) in [5.74, 6) is -1.14. The summed E-state index contributed by atoms with van der Waals surface area (Å²) in [5.41, 5.74) is 2.40. The zero-order valence-electron chi connectivity index (χ0n) is 15.7. The lowest BCUT2D eigenvalue weighted by Gasteiger charge is -2.19. The number of hydrogen-bond acceptors (Lipinski definition) is 2. The van der Waals surface area contributed by atoms with Crippen molar-refractivity contribution in [2.75, 3.05) is 0 Å². The molecule has 29 heavy (non-hydrogen) atoms. The van der Waals surface area contributed by atoms with Gasteiger partial charge in [-0.1, -0.05) is 71.4 Å². The molecule has 0 radical (unpaired) electrons. The van der Waals surface area contributed by atoms with Gasteiger partial charge in [-0.05, 0) is 47.2 Å². The number of halogens is 1. The number of benzene rings is 3. The highest BCUT2D eigenvalue weighted by Crippen LogP contribution is 2.34. The second-order valence-corrected chi connectivity index (χ2v) is 7.62. The number of fused-ring (bicyclic) bond motifs is 1. The van der Waals surface area contributed by atoms with Crippen LogP contribution in [0.5, 0.6) is 0 Å². The zero-order chi connectivity index (χ0) is 20.5. The van der Waals surface area contributed by atoms with Gasteiger partial charge in [-0.25, -0.2) is 4.79 Å². The topological polar surface area (TPSA) is 59.3 Å². The molecule has 0 saturated heterocycles. The highest BCUT2D eigenvalue weighted by molar-refractivity contribution is 9.10. The molecule has 1 aromatic heterocycles. The van der Waals surface area contributed by atoms with Gasteiger partial charge < -0.3 is 5.11 Å². The highest BCUT2D eigenvalue weighted by atomic mass is 79.9. The fourth-order valence-corrected chi connectivity index (χ4v) is 4.09. The molecule has 0 unspecified atom stereocenters. The molecule has 0 atom stereocenters. The van der Waals surface area contributed by atoms with Crippen molar-refractivity contribution < 1.29 is 9.90 Å². The third kappa shape index (κ3) is 3.28. The Hall–Kier alpha value is -3.18. The third-order valence-corrected chi connectivity index (χ3v) is 5.52. The van der Waals surface area contributed by atoms with E-state index in [9.17, 15) is 14.7 Å². The van der Waals surface area contributed by atoms with Crippen LogP contribution in [-0.2, 0) is 6.42 Å². The average molecular weight is 448 g/mol. The first kappa shape index (κ1) is 19.2. The number of aryl methyl sites for hydroxylation is 1. The van der Waals surface area contributed by atoms with Crippen LogP contribution in [0.1, 0.15) is 23.0 Å². The number of aromatic nitrogens is 1. The number of carboxylic acid groups (broad SMARTS) is 1. The van der Waals surface area contributed by atoms with Gasteiger partial charge in [0.2, 0.25) is 0 Å². The Morgan fingerprint density at radius 3 is 2.34 bits per heavy atom. The largest absolute Gasteiger partial charge is 0.477 e. The van der Waals surface area contributed by atoms with Crippen LogP contribution in [0.15, 0.2) is 82.1 Å². The van der Waals surface area contributed by atoms with Crippen molar-refractivity contribution in [2.24, 2.45) is 0 Å². The molecule has 0 bridgehead atoms. The molecule has 4 aromatic rings. The molecule has 0 saturated carbocycles. The van der Waals surface area contributed by atoms with Crippen LogP contribution < -0.4 is 5.56 Å². The molecule has 5 heteroatoms. The monoisotopic (exact) mass is 447 g/mol. The van der Waals surface area contributed by atoms with E-state index in [1.54, 1.807) is 18.2 Å². The van der Waals surface area contributed by atoms with E-state index in [-0.39, 0.29) is 11.3 Å². The number of hydrogen-bond donors (Lipinski definition) is 1. The lowest BCUT2D eigenvalue weighted by atomic mass is 9.96. The maximum absolute atomic E-state index is 13.5. The van der Waals surface area contributed by atoms with Crippen molar-refractivity contribution in [3.05, 3.63) is 98.9 Å². The van der Waals surface area contributed by atoms with Gasteiger partial charge in [-0.15, -0.1) is 0 Å². The smallest absolute Gasteiger partial charge is 0.353 e. The molecule has 1 heterocycles. The quantitative estimate of drug-likeness (QED) is 0.437. The molecule has 0 aliphatic heterocycles. The first-order valence-electron chi connectivity index (χ1n) is 9.28. The average Bonchev–Trinajstić information content (AvgIpc) is 2.74. The number of aromatic carboxylic acids is 1. The van der Waals surface area contributed by atoms with Crippen LogP contribution in [-0.4, -0.2) is 15.6 Å². The number of para-hydroxylation sites is 1. The number of carboxylic acids is 1. The number of carbonyl (C=O) groups is 1. The molecular weight excluding hydrogens is 430 g/mol. The van der Waals surface area contributed by atoms with Gasteiger partial charge in [0.25, 0.3) is 5.56 Å². The van der Waals surface area contributed by atoms with Gasteiger partial charge >= 0.3 is 5.97 Å². The molecule has 0 spiro atoms. The maximum atomic E-state index is 13.5. The summed E-state index contributed by atoms with van der Waals surface area (Å²) >= 11 is 3.46. The summed E-state index contributed by atoms with van der Waals surface area (Å²) in [6.07, 6.45) is 0.681. The fraction of sp³-hybridized carbons (Fsp3) is 0.0833. The Balaban J connectivity index is 2.28. The molecular formula is C24H18BrNO3. The number of pyridine rings is 1. The predicted molar refractivity (Wildman–Crippen MR) is 119 cm³/mol. The highest BCUT2D eigenvalue weighted by Gasteiger charge is 2.24. The van der Waals surface area contributed by atoms with Gasteiger partial charge in [-0.3, -0.25) is 9.36 Å². The second-order valence-electron chi connectivity index (χ2n) is 6.71. The fourth-order valence-electron chi connectivity index (χ4n) is 3.73. The van der Waals surface area contributed by atoms with Crippen molar-refractivity contribution in [3.8, 4) is 16.8 Å². The molecule has 144 valence electrons. The predicted octanol–water partition coefficient (Wildman–Crippen LogP) is 5.68. The van der Waals surface area contributed by atoms with Crippen LogP contribution >= 0.6 is 15.9 Å². The van der Waals surface area contributed by atoms with Crippen LogP contribution in [0.2, 0.25) is 0 Å². The van der Waals surface area contributed by atoms with Gasteiger partial charge in [0.05, 0.1) is 5.69 Å². The molecule has 3 aromatic carbocycles. The van der Waals surface area contributed by atoms with Crippen molar-refractivity contribution in [3.63, 3.8) is 0 Å². The van der Waals surface area contributed by atoms with Crippen LogP contribution in [0, 0.1) is 0 Å². The minimum absolute atomic E-state index is 0.0345. The van der Waals surface area contributed by atoms with E-state index in [1.807, 2.05) is 61.5 Å². The summed E-state index contributed by atoms with van der Waals surface area (Å²) < 4.78 is 2.13. The summed E-state index contributed by atoms with van der Waals surface area (Å²) in [6.45, 7) is 1.99. The van der Waals surface area contributed by atoms with Gasteiger partial charge in [0.15, 0.2) is 0 Å². The van der Waals surface area contributed by atoms with E-state index >= 15 is 0 Å². The minimum Gasteiger partial charge on any atom is -0.477 e. The Bertz CT molecular complexity index is 1290. The van der Waals surface area contributed by atoms with Crippen molar-refractivity contribution in [1.29, 1.82) is 0 Å². The van der Waals surface area contributed by atoms with E-state index in [0.29, 0.717) is 28.4 Å². The Morgan fingerprint density at radius 1 is 0.966 bits per heavy atom. The van der Waals surface area contributed by atoms with Crippen LogP contribution in [0.25, 0.3) is 27.6 Å². The summed E-state index contributed by atoms with van der Waals surface area (Å²) in [6, 6.07) is 22.1. The van der Waals surface area contributed by atoms with Crippen molar-refractivity contribution in [1.82, 2.24) is 4.57 Å². The molecule has 0 fully saturated rings. The Kier molecular flexibility index (Phi) is 5.07. The second kappa shape index (κ2) is 7.68. The molecule has 1 N–H and O–H groups in total. The molecule has 0 aliphatic carbocycles. The molecule has 4 rings (SSSR count). The van der Waals surface area contributed by atoms with Crippen molar-refractivity contribution >= 4 is 32.7 Å². The molecule has 0 aliphatic rings. The van der Waals surface area contributed by atoms with Gasteiger partial charge in [-0.2, -0.15) is 0 Å². The van der Waals surface area contributed by atoms with Crippen LogP contribution in [0.3, 0.4) is 0 Å². The summed E-state index contributed by atoms with van der Waals surface area (Å²) in [5, 5.41) is 11.3. The Morgan fingerprint density at radius 2 is 1.66 bits per heavy atom. The normalized spacial score (nSPS) is 11.0. The van der Waals surface area contributed by atoms with E-state index in [2.05, 4.69) is 15.9 Å². The minimum atomic E-state index is -1.14. The molecule has 4 nitrogen and oxygen atoms in total. The van der Waals surface area contributed by atoms with Crippen LogP contribution in [0.4, 0.5) is 0 Å². The first-order chi connectivity index (χ1) is 14.0. The van der Waals surface area contributed by atoms with E-state index in [4.69, 9.17) is 0 Å². The SMILES string of the molecule is CCc1ccccc1-n1c(C(=O)O)c(-c2ccccc2)c2cc(Br)ccc2c1=O. The third-order valence-electron chi connectivity index (χ3n) is 5.02. The van der Waals surface area contributed by atoms with Crippen molar-refractivity contribution in [2.45, 2.75) is 13.3 Å². The standard InChI is InChI=1S/C24H18BrNO3/c1-2-15-8-6-7-11-20(15)26-22(24(28)29)21(16-9-4-3-5-10-16)19-14-17(25)12-13-18(19)23(26)27/h3-14H,2H2,1H3,(H,28,29). The maximum Gasteiger partial charge on any atom is 0.353 e. The van der Waals surface area contributed by atoms with Gasteiger partial charge in [0.1, 0.15) is 5.69 Å². The first-order valence-corrected chi connectivity index (χ1v) is 10.1. The van der Waals surface area contributed by atoms with E-state index < -0.39 is 5.97 Å². The lowest BCUT2D eigenvalue weighted by Crippen LogP contribution is -2.27. The lowest BCUT2D eigenvalue weighted by molar-refractivity contribution is 0.0688. The number of nitrogens with zero attached hydrogens (tertiary/aromatic N) is 1. The van der Waals surface area contributed by atoms with E-state index in [0.717, 1.165) is 15.6 Å². The number of rotatable bonds is 4. The molecule has 0 amide bonds. The van der Waals surface area contributed by atoms with E-state index in [1.165, 1.54) is 4.57 Å². The Labute approximate surface area is 176 Å².